The number of carboxylic acid groups (broad SMARTS) is 1. The number of nitrogens with one attached hydrogen (secondary N) is 2. The first-order valence-electron chi connectivity index (χ1n) is 6.94. The van der Waals surface area contributed by atoms with Crippen LogP contribution in [-0.4, -0.2) is 47.5 Å². The van der Waals surface area contributed by atoms with E-state index >= 15 is 0 Å². The molecule has 0 radical (unpaired) electrons. The number of carboxylic acids is 1. The van der Waals surface area contributed by atoms with Crippen LogP contribution >= 0.6 is 12.4 Å². The lowest BCUT2D eigenvalue weighted by molar-refractivity contribution is -0.142. The smallest absolute Gasteiger partial charge is 0.321 e. The minimum Gasteiger partial charge on any atom is -0.480 e. The highest BCUT2D eigenvalue weighted by atomic mass is 35.5. The number of nitrogens with zero attached hydrogens (tertiary/aromatic N) is 1. The average Bonchev–Trinajstić information content (AvgIpc) is 2.50. The second-order valence-electron chi connectivity index (χ2n) is 4.96. The van der Waals surface area contributed by atoms with Crippen LogP contribution in [0.2, 0.25) is 0 Å². The fraction of sp³-hybridized carbons (Fsp3) is 0.400. The normalized spacial score (nSPS) is 11.3. The third kappa shape index (κ3) is 8.18. The number of amides is 3. The van der Waals surface area contributed by atoms with Crippen molar-refractivity contribution in [3.63, 3.8) is 0 Å². The second kappa shape index (κ2) is 10.6. The summed E-state index contributed by atoms with van der Waals surface area (Å²) in [5.41, 5.74) is 0.931. The Hall–Kier alpha value is -2.12. The number of hydrogen-bond donors (Lipinski definition) is 3. The molecule has 1 atom stereocenters. The van der Waals surface area contributed by atoms with Gasteiger partial charge in [-0.2, -0.15) is 0 Å². The minimum absolute atomic E-state index is 0. The molecule has 0 aliphatic rings. The van der Waals surface area contributed by atoms with Crippen LogP contribution in [0.3, 0.4) is 0 Å². The summed E-state index contributed by atoms with van der Waals surface area (Å²) >= 11 is 0. The van der Waals surface area contributed by atoms with Crippen molar-refractivity contribution < 1.29 is 19.5 Å². The van der Waals surface area contributed by atoms with Crippen LogP contribution in [0.15, 0.2) is 30.3 Å². The lowest BCUT2D eigenvalue weighted by Gasteiger charge is -2.20. The van der Waals surface area contributed by atoms with Gasteiger partial charge < -0.3 is 10.4 Å². The van der Waals surface area contributed by atoms with Crippen LogP contribution in [0, 0.1) is 0 Å². The molecule has 7 nitrogen and oxygen atoms in total. The summed E-state index contributed by atoms with van der Waals surface area (Å²) in [6, 6.07) is 8.08. The summed E-state index contributed by atoms with van der Waals surface area (Å²) in [4.78, 5) is 35.5. The molecule has 0 bridgehead atoms. The van der Waals surface area contributed by atoms with Crippen LogP contribution in [0.25, 0.3) is 0 Å². The van der Waals surface area contributed by atoms with Crippen LogP contribution in [0.5, 0.6) is 0 Å². The van der Waals surface area contributed by atoms with Crippen LogP contribution in [0.1, 0.15) is 18.9 Å². The minimum atomic E-state index is -0.955. The van der Waals surface area contributed by atoms with Gasteiger partial charge in [0.15, 0.2) is 0 Å². The van der Waals surface area contributed by atoms with Crippen molar-refractivity contribution in [3.05, 3.63) is 35.9 Å². The van der Waals surface area contributed by atoms with E-state index in [1.54, 1.807) is 7.05 Å². The van der Waals surface area contributed by atoms with Gasteiger partial charge in [-0.3, -0.25) is 19.8 Å². The van der Waals surface area contributed by atoms with Gasteiger partial charge in [0.2, 0.25) is 5.91 Å². The third-order valence-electron chi connectivity index (χ3n) is 3.26. The number of carbonyl (C=O) groups excluding carboxylic acids is 2. The van der Waals surface area contributed by atoms with E-state index in [2.05, 4.69) is 10.6 Å². The largest absolute Gasteiger partial charge is 0.480 e. The number of benzene rings is 1. The molecule has 0 saturated carbocycles. The Labute approximate surface area is 141 Å². The fourth-order valence-electron chi connectivity index (χ4n) is 1.67. The van der Waals surface area contributed by atoms with E-state index < -0.39 is 23.9 Å². The second-order valence-corrected chi connectivity index (χ2v) is 4.96. The Morgan fingerprint density at radius 2 is 1.83 bits per heavy atom. The molecule has 0 aliphatic carbocycles. The summed E-state index contributed by atoms with van der Waals surface area (Å²) in [5.74, 6) is -1.40. The molecule has 0 fully saturated rings. The van der Waals surface area contributed by atoms with E-state index in [0.29, 0.717) is 6.54 Å². The van der Waals surface area contributed by atoms with Crippen molar-refractivity contribution >= 4 is 30.3 Å². The van der Waals surface area contributed by atoms with Gasteiger partial charge in [0.05, 0.1) is 0 Å². The molecule has 1 aromatic carbocycles. The van der Waals surface area contributed by atoms with Crippen LogP contribution in [0.4, 0.5) is 4.79 Å². The van der Waals surface area contributed by atoms with Gasteiger partial charge in [0.1, 0.15) is 6.04 Å². The van der Waals surface area contributed by atoms with Gasteiger partial charge in [-0.25, -0.2) is 4.79 Å². The maximum Gasteiger partial charge on any atom is 0.321 e. The molecule has 23 heavy (non-hydrogen) atoms. The topological polar surface area (TPSA) is 98.7 Å². The van der Waals surface area contributed by atoms with Crippen molar-refractivity contribution in [3.8, 4) is 0 Å². The molecule has 0 spiro atoms. The van der Waals surface area contributed by atoms with E-state index in [1.807, 2.05) is 30.3 Å². The van der Waals surface area contributed by atoms with Gasteiger partial charge in [-0.1, -0.05) is 30.3 Å². The average molecular weight is 344 g/mol. The van der Waals surface area contributed by atoms with Crippen LogP contribution < -0.4 is 10.6 Å². The quantitative estimate of drug-likeness (QED) is 0.691. The summed E-state index contributed by atoms with van der Waals surface area (Å²) < 4.78 is 0. The standard InChI is InChI=1S/C15H21N3O4.ClH/c1-11(14(20)21)18(2)9-8-13(19)17-15(22)16-10-12-6-4-3-5-7-12;/h3-7,11H,8-10H2,1-2H3,(H,20,21)(H2,16,17,19,22);1H. The molecule has 0 saturated heterocycles. The van der Waals surface area contributed by atoms with Gasteiger partial charge in [0.25, 0.3) is 0 Å². The highest BCUT2D eigenvalue weighted by Gasteiger charge is 2.17. The number of likely N-dealkylation sites (N-methyl/N-ethyl adjacent to an activating group) is 1. The van der Waals surface area contributed by atoms with Crippen LogP contribution in [-0.2, 0) is 16.1 Å². The van der Waals surface area contributed by atoms with Crippen molar-refractivity contribution in [2.45, 2.75) is 25.9 Å². The Morgan fingerprint density at radius 3 is 2.39 bits per heavy atom. The van der Waals surface area contributed by atoms with Gasteiger partial charge in [-0.15, -0.1) is 12.4 Å². The number of carbonyl (C=O) groups is 3. The molecule has 128 valence electrons. The van der Waals surface area contributed by atoms with E-state index in [9.17, 15) is 14.4 Å². The summed E-state index contributed by atoms with van der Waals surface area (Å²) in [5, 5.41) is 13.6. The summed E-state index contributed by atoms with van der Waals surface area (Å²) in [7, 11) is 1.61. The lowest BCUT2D eigenvalue weighted by Crippen LogP contribution is -2.42. The lowest BCUT2D eigenvalue weighted by atomic mass is 10.2. The third-order valence-corrected chi connectivity index (χ3v) is 3.26. The first-order valence-corrected chi connectivity index (χ1v) is 6.94. The van der Waals surface area contributed by atoms with Gasteiger partial charge in [-0.05, 0) is 19.5 Å². The molecule has 3 N–H and O–H groups in total. The maximum atomic E-state index is 11.6. The number of hydrogen-bond acceptors (Lipinski definition) is 4. The number of aliphatic carboxylic acids is 1. The maximum absolute atomic E-state index is 11.6. The molecule has 0 aromatic heterocycles. The van der Waals surface area contributed by atoms with Crippen molar-refractivity contribution in [2.75, 3.05) is 13.6 Å². The monoisotopic (exact) mass is 343 g/mol. The SMILES string of the molecule is CC(C(=O)O)N(C)CCC(=O)NC(=O)NCc1ccccc1.Cl. The number of rotatable bonds is 7. The molecule has 8 heteroatoms. The Bertz CT molecular complexity index is 525. The molecular weight excluding hydrogens is 322 g/mol. The molecule has 0 aliphatic heterocycles. The van der Waals surface area contributed by atoms with Crippen molar-refractivity contribution in [2.24, 2.45) is 0 Å². The first kappa shape index (κ1) is 20.9. The van der Waals surface area contributed by atoms with Gasteiger partial charge in [0, 0.05) is 19.5 Å². The first-order chi connectivity index (χ1) is 10.4. The fourth-order valence-corrected chi connectivity index (χ4v) is 1.67. The molecule has 0 heterocycles. The van der Waals surface area contributed by atoms with Crippen molar-refractivity contribution in [1.82, 2.24) is 15.5 Å². The van der Waals surface area contributed by atoms with E-state index in [-0.39, 0.29) is 25.4 Å². The number of halogens is 1. The van der Waals surface area contributed by atoms with Crippen molar-refractivity contribution in [1.29, 1.82) is 0 Å². The van der Waals surface area contributed by atoms with Gasteiger partial charge >= 0.3 is 12.0 Å². The predicted octanol–water partition coefficient (Wildman–Crippen LogP) is 1.23. The highest BCUT2D eigenvalue weighted by Crippen LogP contribution is 1.98. The zero-order chi connectivity index (χ0) is 16.5. The predicted molar refractivity (Wildman–Crippen MR) is 88.4 cm³/mol. The molecule has 1 rings (SSSR count). The van der Waals surface area contributed by atoms with E-state index in [0.717, 1.165) is 5.56 Å². The molecule has 1 aromatic rings. The highest BCUT2D eigenvalue weighted by molar-refractivity contribution is 5.94. The molecular formula is C15H22ClN3O4. The molecule has 1 unspecified atom stereocenters. The summed E-state index contributed by atoms with van der Waals surface area (Å²) in [6.07, 6.45) is 0.0485. The number of imide groups is 1. The molecule has 3 amide bonds. The Balaban J connectivity index is 0.00000484. The number of urea groups is 1. The van der Waals surface area contributed by atoms with E-state index in [4.69, 9.17) is 5.11 Å². The summed E-state index contributed by atoms with van der Waals surface area (Å²) in [6.45, 7) is 2.12. The van der Waals surface area contributed by atoms with E-state index in [1.165, 1.54) is 11.8 Å². The zero-order valence-corrected chi connectivity index (χ0v) is 13.9. The Kier molecular flexibility index (Phi) is 9.60. The zero-order valence-electron chi connectivity index (χ0n) is 13.1. The Morgan fingerprint density at radius 1 is 1.22 bits per heavy atom.